The minimum atomic E-state index is -0.490. The molecule has 146 valence electrons. The van der Waals surface area contributed by atoms with E-state index in [1.165, 1.54) is 11.8 Å². The van der Waals surface area contributed by atoms with Crippen molar-refractivity contribution in [1.82, 2.24) is 20.2 Å². The number of carbonyl (C=O) groups is 4. The fraction of sp³-hybridized carbons (Fsp3) is 0.778. The van der Waals surface area contributed by atoms with Gasteiger partial charge in [-0.2, -0.15) is 0 Å². The van der Waals surface area contributed by atoms with Crippen molar-refractivity contribution < 1.29 is 19.2 Å². The zero-order valence-electron chi connectivity index (χ0n) is 16.0. The van der Waals surface area contributed by atoms with Gasteiger partial charge in [-0.15, -0.1) is 0 Å². The molecule has 1 aliphatic carbocycles. The Morgan fingerprint density at radius 1 is 1.12 bits per heavy atom. The number of carbonyl (C=O) groups excluding carboxylic acids is 4. The number of piperazine rings is 1. The van der Waals surface area contributed by atoms with E-state index in [1.807, 2.05) is 5.01 Å². The average Bonchev–Trinajstić information content (AvgIpc) is 2.57. The third-order valence-corrected chi connectivity index (χ3v) is 5.07. The largest absolute Gasteiger partial charge is 0.348 e. The number of ketones is 2. The van der Waals surface area contributed by atoms with Gasteiger partial charge in [0.1, 0.15) is 11.6 Å². The molecule has 1 saturated heterocycles. The topological polar surface area (TPSA) is 90.0 Å². The van der Waals surface area contributed by atoms with Crippen molar-refractivity contribution in [3.05, 3.63) is 0 Å². The molecule has 0 spiro atoms. The number of amides is 2. The van der Waals surface area contributed by atoms with Crippen LogP contribution in [-0.2, 0) is 19.2 Å². The fourth-order valence-corrected chi connectivity index (χ4v) is 3.67. The molecule has 0 radical (unpaired) electrons. The summed E-state index contributed by atoms with van der Waals surface area (Å²) in [4.78, 5) is 51.2. The van der Waals surface area contributed by atoms with Gasteiger partial charge >= 0.3 is 0 Å². The molecule has 2 atom stereocenters. The van der Waals surface area contributed by atoms with Crippen LogP contribution in [0.25, 0.3) is 0 Å². The van der Waals surface area contributed by atoms with Gasteiger partial charge in [0.25, 0.3) is 0 Å². The molecule has 0 aromatic heterocycles. The summed E-state index contributed by atoms with van der Waals surface area (Å²) >= 11 is 0. The number of Topliss-reactive ketones (excluding diaryl/α,β-unsaturated/α-hetero) is 2. The van der Waals surface area contributed by atoms with Crippen molar-refractivity contribution in [2.24, 2.45) is 11.8 Å². The van der Waals surface area contributed by atoms with E-state index in [0.29, 0.717) is 26.1 Å². The van der Waals surface area contributed by atoms with Crippen molar-refractivity contribution in [2.75, 3.05) is 46.8 Å². The van der Waals surface area contributed by atoms with Crippen molar-refractivity contribution in [2.45, 2.75) is 32.6 Å². The first-order valence-corrected chi connectivity index (χ1v) is 9.29. The first-order chi connectivity index (χ1) is 12.3. The predicted molar refractivity (Wildman–Crippen MR) is 96.0 cm³/mol. The normalized spacial score (nSPS) is 25.0. The van der Waals surface area contributed by atoms with Gasteiger partial charge in [-0.05, 0) is 19.8 Å². The van der Waals surface area contributed by atoms with E-state index in [2.05, 4.69) is 10.3 Å². The molecule has 2 unspecified atom stereocenters. The van der Waals surface area contributed by atoms with Gasteiger partial charge in [-0.3, -0.25) is 29.5 Å². The van der Waals surface area contributed by atoms with Crippen LogP contribution < -0.4 is 5.43 Å². The van der Waals surface area contributed by atoms with Crippen LogP contribution in [-0.4, -0.2) is 85.0 Å². The first kappa shape index (κ1) is 20.5. The molecule has 1 N–H and O–H groups in total. The van der Waals surface area contributed by atoms with Gasteiger partial charge in [-0.1, -0.05) is 6.42 Å². The molecule has 26 heavy (non-hydrogen) atoms. The van der Waals surface area contributed by atoms with E-state index in [9.17, 15) is 19.2 Å². The summed E-state index contributed by atoms with van der Waals surface area (Å²) in [7, 11) is 3.39. The molecular weight excluding hydrogens is 336 g/mol. The van der Waals surface area contributed by atoms with Crippen LogP contribution in [0.2, 0.25) is 0 Å². The molecule has 8 heteroatoms. The summed E-state index contributed by atoms with van der Waals surface area (Å²) in [5.74, 6) is -1.02. The van der Waals surface area contributed by atoms with E-state index in [4.69, 9.17) is 0 Å². The van der Waals surface area contributed by atoms with Crippen LogP contribution >= 0.6 is 0 Å². The molecule has 1 heterocycles. The molecular formula is C18H30N4O4. The number of hydrazine groups is 1. The van der Waals surface area contributed by atoms with E-state index in [-0.39, 0.29) is 35.7 Å². The van der Waals surface area contributed by atoms with Gasteiger partial charge < -0.3 is 4.90 Å². The lowest BCUT2D eigenvalue weighted by Crippen LogP contribution is -2.55. The van der Waals surface area contributed by atoms with E-state index in [0.717, 1.165) is 25.9 Å². The third-order valence-electron chi connectivity index (χ3n) is 5.07. The Morgan fingerprint density at radius 2 is 1.77 bits per heavy atom. The quantitative estimate of drug-likeness (QED) is 0.649. The summed E-state index contributed by atoms with van der Waals surface area (Å²) in [5, 5.41) is 1.82. The Bertz CT molecular complexity index is 555. The predicted octanol–water partition coefficient (Wildman–Crippen LogP) is -0.312. The zero-order chi connectivity index (χ0) is 19.3. The second-order valence-corrected chi connectivity index (χ2v) is 7.52. The highest BCUT2D eigenvalue weighted by molar-refractivity contribution is 6.02. The maximum Gasteiger partial charge on any atom is 0.241 e. The SMILES string of the molecule is CC(=O)CC(=O)NN1CCN(CC2CCCC(C(=O)N(C)C)C2=O)CC1. The lowest BCUT2D eigenvalue weighted by atomic mass is 9.79. The Labute approximate surface area is 154 Å². The van der Waals surface area contributed by atoms with Crippen LogP contribution in [0.4, 0.5) is 0 Å². The van der Waals surface area contributed by atoms with Gasteiger partial charge in [0.05, 0.1) is 12.3 Å². The Hall–Kier alpha value is -1.80. The van der Waals surface area contributed by atoms with Crippen molar-refractivity contribution in [1.29, 1.82) is 0 Å². The highest BCUT2D eigenvalue weighted by atomic mass is 16.2. The molecule has 0 aromatic carbocycles. The lowest BCUT2D eigenvalue weighted by molar-refractivity contribution is -0.143. The highest BCUT2D eigenvalue weighted by Crippen LogP contribution is 2.28. The molecule has 8 nitrogen and oxygen atoms in total. The number of nitrogens with zero attached hydrogens (tertiary/aromatic N) is 3. The Morgan fingerprint density at radius 3 is 2.35 bits per heavy atom. The molecule has 0 aromatic rings. The van der Waals surface area contributed by atoms with E-state index < -0.39 is 5.92 Å². The number of rotatable bonds is 6. The second-order valence-electron chi connectivity index (χ2n) is 7.52. The van der Waals surface area contributed by atoms with Crippen LogP contribution in [0.1, 0.15) is 32.6 Å². The summed E-state index contributed by atoms with van der Waals surface area (Å²) in [5.41, 5.74) is 2.75. The van der Waals surface area contributed by atoms with E-state index in [1.54, 1.807) is 14.1 Å². The maximum absolute atomic E-state index is 12.7. The Kier molecular flexibility index (Phi) is 7.28. The zero-order valence-corrected chi connectivity index (χ0v) is 16.0. The summed E-state index contributed by atoms with van der Waals surface area (Å²) in [6, 6.07) is 0. The van der Waals surface area contributed by atoms with Crippen molar-refractivity contribution >= 4 is 23.4 Å². The van der Waals surface area contributed by atoms with Gasteiger partial charge in [-0.25, -0.2) is 5.01 Å². The fourth-order valence-electron chi connectivity index (χ4n) is 3.67. The number of hydrogen-bond acceptors (Lipinski definition) is 6. The van der Waals surface area contributed by atoms with Crippen molar-refractivity contribution in [3.8, 4) is 0 Å². The molecule has 2 amide bonds. The molecule has 0 bridgehead atoms. The lowest BCUT2D eigenvalue weighted by Gasteiger charge is -2.37. The van der Waals surface area contributed by atoms with Crippen LogP contribution in [0.5, 0.6) is 0 Å². The van der Waals surface area contributed by atoms with Crippen LogP contribution in [0.15, 0.2) is 0 Å². The second kappa shape index (κ2) is 9.23. The van der Waals surface area contributed by atoms with Gasteiger partial charge in [0.2, 0.25) is 11.8 Å². The molecule has 1 saturated carbocycles. The Balaban J connectivity index is 1.79. The number of hydrogen-bond donors (Lipinski definition) is 1. The third kappa shape index (κ3) is 5.60. The first-order valence-electron chi connectivity index (χ1n) is 9.29. The maximum atomic E-state index is 12.7. The van der Waals surface area contributed by atoms with E-state index >= 15 is 0 Å². The highest BCUT2D eigenvalue weighted by Gasteiger charge is 2.37. The molecule has 2 rings (SSSR count). The standard InChI is InChI=1S/C18H30N4O4/c1-13(23)11-16(24)19-22-9-7-21(8-10-22)12-14-5-4-6-15(17(14)25)18(26)20(2)3/h14-15H,4-12H2,1-3H3,(H,19,24). The molecule has 1 aliphatic heterocycles. The smallest absolute Gasteiger partial charge is 0.241 e. The van der Waals surface area contributed by atoms with Gasteiger partial charge in [0.15, 0.2) is 0 Å². The molecule has 2 fully saturated rings. The number of nitrogens with one attached hydrogen (secondary N) is 1. The minimum Gasteiger partial charge on any atom is -0.348 e. The summed E-state index contributed by atoms with van der Waals surface area (Å²) < 4.78 is 0. The monoisotopic (exact) mass is 366 g/mol. The summed E-state index contributed by atoms with van der Waals surface area (Å²) in [6.45, 7) is 4.88. The molecule has 2 aliphatic rings. The van der Waals surface area contributed by atoms with Gasteiger partial charge in [0, 0.05) is 52.7 Å². The summed E-state index contributed by atoms with van der Waals surface area (Å²) in [6.07, 6.45) is 2.30. The van der Waals surface area contributed by atoms with Crippen LogP contribution in [0.3, 0.4) is 0 Å². The minimum absolute atomic E-state index is 0.0761. The van der Waals surface area contributed by atoms with Crippen LogP contribution in [0, 0.1) is 11.8 Å². The average molecular weight is 366 g/mol. The van der Waals surface area contributed by atoms with Crippen molar-refractivity contribution in [3.63, 3.8) is 0 Å².